The highest BCUT2D eigenvalue weighted by molar-refractivity contribution is 8.01. The lowest BCUT2D eigenvalue weighted by Gasteiger charge is -2.14. The van der Waals surface area contributed by atoms with Gasteiger partial charge in [-0.25, -0.2) is 0 Å². The highest BCUT2D eigenvalue weighted by Crippen LogP contribution is 2.22. The van der Waals surface area contributed by atoms with Crippen molar-refractivity contribution in [3.63, 3.8) is 0 Å². The monoisotopic (exact) mass is 418 g/mol. The molecule has 1 unspecified atom stereocenters. The Balaban J connectivity index is 1.88. The maximum atomic E-state index is 12.3. The van der Waals surface area contributed by atoms with Crippen molar-refractivity contribution in [3.8, 4) is 0 Å². The zero-order valence-corrected chi connectivity index (χ0v) is 18.0. The molecule has 9 heteroatoms. The Hall–Kier alpha value is -2.81. The molecule has 1 aromatic heterocycles. The molecule has 0 saturated carbocycles. The van der Waals surface area contributed by atoms with Crippen molar-refractivity contribution in [2.45, 2.75) is 39.9 Å². The van der Waals surface area contributed by atoms with Gasteiger partial charge in [0.25, 0.3) is 0 Å². The van der Waals surface area contributed by atoms with Gasteiger partial charge in [0, 0.05) is 23.4 Å². The van der Waals surface area contributed by atoms with Crippen molar-refractivity contribution < 1.29 is 18.9 Å². The van der Waals surface area contributed by atoms with Gasteiger partial charge in [0.1, 0.15) is 5.76 Å². The van der Waals surface area contributed by atoms with Crippen molar-refractivity contribution in [2.75, 3.05) is 21.7 Å². The number of amides is 3. The number of nitrogens with zero attached hydrogens (tertiary/aromatic N) is 1. The first-order valence-electron chi connectivity index (χ1n) is 9.23. The van der Waals surface area contributed by atoms with Gasteiger partial charge in [-0.3, -0.25) is 14.4 Å². The predicted octanol–water partition coefficient (Wildman–Crippen LogP) is 3.58. The topological polar surface area (TPSA) is 113 Å². The summed E-state index contributed by atoms with van der Waals surface area (Å²) in [4.78, 5) is 36.3. The van der Waals surface area contributed by atoms with E-state index in [2.05, 4.69) is 21.1 Å². The van der Waals surface area contributed by atoms with Gasteiger partial charge in [0.05, 0.1) is 11.0 Å². The lowest BCUT2D eigenvalue weighted by molar-refractivity contribution is -0.119. The first-order valence-corrected chi connectivity index (χ1v) is 10.3. The number of hydrogen-bond acceptors (Lipinski definition) is 6. The fourth-order valence-electron chi connectivity index (χ4n) is 2.24. The number of aromatic nitrogens is 1. The minimum absolute atomic E-state index is 0.0937. The average molecular weight is 419 g/mol. The van der Waals surface area contributed by atoms with E-state index in [1.54, 1.807) is 32.0 Å². The molecule has 3 N–H and O–H groups in total. The van der Waals surface area contributed by atoms with Gasteiger partial charge in [0.2, 0.25) is 17.7 Å². The molecular formula is C20H26N4O4S. The molecule has 0 radical (unpaired) electrons. The zero-order valence-electron chi connectivity index (χ0n) is 17.2. The van der Waals surface area contributed by atoms with Crippen LogP contribution < -0.4 is 16.0 Å². The van der Waals surface area contributed by atoms with E-state index in [1.807, 2.05) is 26.8 Å². The van der Waals surface area contributed by atoms with Crippen LogP contribution in [0.5, 0.6) is 0 Å². The quantitative estimate of drug-likeness (QED) is 0.604. The Kier molecular flexibility index (Phi) is 7.83. The molecule has 2 rings (SSSR count). The molecule has 0 aliphatic rings. The van der Waals surface area contributed by atoms with Gasteiger partial charge in [-0.2, -0.15) is 0 Å². The van der Waals surface area contributed by atoms with E-state index in [4.69, 9.17) is 4.52 Å². The van der Waals surface area contributed by atoms with Gasteiger partial charge in [0.15, 0.2) is 5.82 Å². The molecule has 0 bridgehead atoms. The minimum atomic E-state index is -0.449. The Labute approximate surface area is 174 Å². The summed E-state index contributed by atoms with van der Waals surface area (Å²) < 4.78 is 4.91. The highest BCUT2D eigenvalue weighted by atomic mass is 32.2. The van der Waals surface area contributed by atoms with E-state index in [9.17, 15) is 14.4 Å². The molecule has 0 aliphatic heterocycles. The molecule has 0 fully saturated rings. The van der Waals surface area contributed by atoms with E-state index >= 15 is 0 Å². The third-order valence-corrected chi connectivity index (χ3v) is 5.16. The number of nitrogens with one attached hydrogen (secondary N) is 3. The second-order valence-electron chi connectivity index (χ2n) is 6.99. The maximum Gasteiger partial charge on any atom is 0.238 e. The van der Waals surface area contributed by atoms with Crippen LogP contribution in [0.4, 0.5) is 17.2 Å². The summed E-state index contributed by atoms with van der Waals surface area (Å²) in [6.45, 7) is 8.94. The number of carbonyl (C=O) groups is 3. The molecule has 0 spiro atoms. The van der Waals surface area contributed by atoms with Crippen molar-refractivity contribution in [3.05, 3.63) is 35.6 Å². The summed E-state index contributed by atoms with van der Waals surface area (Å²) in [5.41, 5.74) is 2.11. The molecule has 0 saturated heterocycles. The summed E-state index contributed by atoms with van der Waals surface area (Å²) in [6, 6.07) is 6.96. The number of carbonyl (C=O) groups excluding carboxylic acids is 3. The van der Waals surface area contributed by atoms with Gasteiger partial charge >= 0.3 is 0 Å². The van der Waals surface area contributed by atoms with Crippen LogP contribution in [0.1, 0.15) is 32.1 Å². The first kappa shape index (κ1) is 22.5. The summed E-state index contributed by atoms with van der Waals surface area (Å²) in [5.74, 6) is 0.327. The van der Waals surface area contributed by atoms with E-state index in [0.717, 1.165) is 5.56 Å². The van der Waals surface area contributed by atoms with Crippen LogP contribution in [-0.4, -0.2) is 33.9 Å². The molecule has 156 valence electrons. The first-order chi connectivity index (χ1) is 13.7. The third kappa shape index (κ3) is 6.94. The van der Waals surface area contributed by atoms with Crippen molar-refractivity contribution >= 4 is 46.7 Å². The minimum Gasteiger partial charge on any atom is -0.360 e. The average Bonchev–Trinajstić information content (AvgIpc) is 3.06. The summed E-state index contributed by atoms with van der Waals surface area (Å²) in [5, 5.41) is 11.5. The third-order valence-electron chi connectivity index (χ3n) is 4.02. The van der Waals surface area contributed by atoms with Gasteiger partial charge in [-0.1, -0.05) is 25.1 Å². The lowest BCUT2D eigenvalue weighted by atomic mass is 10.1. The van der Waals surface area contributed by atoms with Crippen molar-refractivity contribution in [1.82, 2.24) is 5.16 Å². The number of thioether (sulfide) groups is 1. The summed E-state index contributed by atoms with van der Waals surface area (Å²) in [7, 11) is 0. The molecule has 2 aromatic rings. The molecule has 3 amide bonds. The van der Waals surface area contributed by atoms with Gasteiger partial charge in [-0.05, 0) is 38.5 Å². The fraction of sp³-hybridized carbons (Fsp3) is 0.400. The number of hydrogen-bond donors (Lipinski definition) is 3. The molecule has 29 heavy (non-hydrogen) atoms. The molecule has 8 nitrogen and oxygen atoms in total. The highest BCUT2D eigenvalue weighted by Gasteiger charge is 2.17. The van der Waals surface area contributed by atoms with Crippen LogP contribution in [0.2, 0.25) is 0 Å². The van der Waals surface area contributed by atoms with Crippen LogP contribution in [0, 0.1) is 19.8 Å². The smallest absolute Gasteiger partial charge is 0.238 e. The Bertz CT molecular complexity index is 894. The van der Waals surface area contributed by atoms with Crippen LogP contribution in [-0.2, 0) is 14.4 Å². The van der Waals surface area contributed by atoms with Crippen molar-refractivity contribution in [1.29, 1.82) is 0 Å². The maximum absolute atomic E-state index is 12.3. The van der Waals surface area contributed by atoms with E-state index in [1.165, 1.54) is 11.8 Å². The Morgan fingerprint density at radius 1 is 1.03 bits per heavy atom. The van der Waals surface area contributed by atoms with Crippen LogP contribution >= 0.6 is 11.8 Å². The molecule has 1 aromatic carbocycles. The predicted molar refractivity (Wildman–Crippen MR) is 115 cm³/mol. The van der Waals surface area contributed by atoms with Crippen LogP contribution in [0.25, 0.3) is 0 Å². The van der Waals surface area contributed by atoms with Gasteiger partial charge in [-0.15, -0.1) is 11.8 Å². The van der Waals surface area contributed by atoms with Crippen LogP contribution in [0.3, 0.4) is 0 Å². The van der Waals surface area contributed by atoms with Crippen LogP contribution in [0.15, 0.2) is 28.8 Å². The van der Waals surface area contributed by atoms with Crippen molar-refractivity contribution in [2.24, 2.45) is 5.92 Å². The number of rotatable bonds is 8. The Morgan fingerprint density at radius 2 is 1.76 bits per heavy atom. The van der Waals surface area contributed by atoms with E-state index < -0.39 is 5.25 Å². The molecule has 0 aliphatic carbocycles. The zero-order chi connectivity index (χ0) is 21.6. The second-order valence-corrected chi connectivity index (χ2v) is 8.32. The Morgan fingerprint density at radius 3 is 2.38 bits per heavy atom. The number of anilines is 3. The second kappa shape index (κ2) is 10.1. The fourth-order valence-corrected chi connectivity index (χ4v) is 2.92. The normalized spacial score (nSPS) is 11.8. The summed E-state index contributed by atoms with van der Waals surface area (Å²) in [6.07, 6.45) is 0. The summed E-state index contributed by atoms with van der Waals surface area (Å²) >= 11 is 1.21. The molecule has 1 heterocycles. The number of benzene rings is 1. The standard InChI is InChI=1S/C20H26N4O4S/c1-11(2)19(26)21-15-7-6-12(3)16(9-15)22-18(25)10-29-14(5)20(27)23-17-8-13(4)28-24-17/h6-9,11,14H,10H2,1-5H3,(H,21,26)(H,22,25)(H,23,24,27). The lowest BCUT2D eigenvalue weighted by Crippen LogP contribution is -2.25. The number of aryl methyl sites for hydroxylation is 2. The van der Waals surface area contributed by atoms with E-state index in [-0.39, 0.29) is 29.4 Å². The largest absolute Gasteiger partial charge is 0.360 e. The SMILES string of the molecule is Cc1cc(NC(=O)C(C)SCC(=O)Nc2cc(NC(=O)C(C)C)ccc2C)no1. The van der Waals surface area contributed by atoms with Gasteiger partial charge < -0.3 is 20.5 Å². The molecular weight excluding hydrogens is 392 g/mol. The molecule has 1 atom stereocenters. The van der Waals surface area contributed by atoms with E-state index in [0.29, 0.717) is 23.0 Å².